The van der Waals surface area contributed by atoms with Gasteiger partial charge in [-0.25, -0.2) is 0 Å². The van der Waals surface area contributed by atoms with E-state index in [4.69, 9.17) is 9.52 Å². The molecule has 7 nitrogen and oxygen atoms in total. The highest BCUT2D eigenvalue weighted by Gasteiger charge is 2.20. The molecule has 0 radical (unpaired) electrons. The van der Waals surface area contributed by atoms with E-state index >= 15 is 0 Å². The monoisotopic (exact) mass is 392 g/mol. The van der Waals surface area contributed by atoms with Crippen molar-refractivity contribution in [3.8, 4) is 11.6 Å². The molecule has 0 fully saturated rings. The van der Waals surface area contributed by atoms with Crippen molar-refractivity contribution >= 4 is 5.96 Å². The normalized spacial score (nSPS) is 12.0. The predicted octanol–water partition coefficient (Wildman–Crippen LogP) is 3.21. The van der Waals surface area contributed by atoms with E-state index < -0.39 is 0 Å². The van der Waals surface area contributed by atoms with Gasteiger partial charge in [0.1, 0.15) is 5.69 Å². The second kappa shape index (κ2) is 9.82. The number of rotatable bonds is 8. The van der Waals surface area contributed by atoms with Crippen LogP contribution in [-0.2, 0) is 11.8 Å². The SMILES string of the molecule is CCNC(=NCC(C)(C)c1ccccc1)NCCc1noc(-c2ccccn2)n1. The van der Waals surface area contributed by atoms with E-state index in [1.807, 2.05) is 24.3 Å². The second-order valence-corrected chi connectivity index (χ2v) is 7.35. The molecule has 2 heterocycles. The lowest BCUT2D eigenvalue weighted by atomic mass is 9.85. The summed E-state index contributed by atoms with van der Waals surface area (Å²) in [5, 5.41) is 10.7. The first-order valence-corrected chi connectivity index (χ1v) is 9.90. The van der Waals surface area contributed by atoms with Crippen LogP contribution in [0.2, 0.25) is 0 Å². The number of pyridine rings is 1. The van der Waals surface area contributed by atoms with E-state index in [1.165, 1.54) is 5.56 Å². The summed E-state index contributed by atoms with van der Waals surface area (Å²) < 4.78 is 5.30. The minimum Gasteiger partial charge on any atom is -0.357 e. The van der Waals surface area contributed by atoms with Crippen molar-refractivity contribution in [1.29, 1.82) is 0 Å². The average Bonchev–Trinajstić information content (AvgIpc) is 3.22. The Morgan fingerprint density at radius 2 is 1.86 bits per heavy atom. The van der Waals surface area contributed by atoms with E-state index in [9.17, 15) is 0 Å². The molecule has 2 N–H and O–H groups in total. The van der Waals surface area contributed by atoms with Gasteiger partial charge in [0.25, 0.3) is 5.89 Å². The maximum atomic E-state index is 5.30. The Morgan fingerprint density at radius 3 is 2.59 bits per heavy atom. The molecule has 152 valence electrons. The van der Waals surface area contributed by atoms with Crippen molar-refractivity contribution < 1.29 is 4.52 Å². The maximum Gasteiger partial charge on any atom is 0.276 e. The van der Waals surface area contributed by atoms with E-state index in [2.05, 4.69) is 70.8 Å². The van der Waals surface area contributed by atoms with Gasteiger partial charge in [0, 0.05) is 31.1 Å². The van der Waals surface area contributed by atoms with Crippen molar-refractivity contribution in [3.63, 3.8) is 0 Å². The molecule has 0 bridgehead atoms. The number of benzene rings is 1. The molecule has 3 rings (SSSR count). The standard InChI is InChI=1S/C22H28N6O/c1-4-23-21(26-16-22(2,3)17-10-6-5-7-11-17)25-15-13-19-27-20(29-28-19)18-12-8-9-14-24-18/h5-12,14H,4,13,15-16H2,1-3H3,(H2,23,25,26). The van der Waals surface area contributed by atoms with Crippen LogP contribution >= 0.6 is 0 Å². The number of hydrogen-bond acceptors (Lipinski definition) is 5. The number of hydrogen-bond donors (Lipinski definition) is 2. The van der Waals surface area contributed by atoms with Crippen LogP contribution in [0, 0.1) is 0 Å². The van der Waals surface area contributed by atoms with Crippen molar-refractivity contribution in [3.05, 3.63) is 66.1 Å². The third-order valence-corrected chi connectivity index (χ3v) is 4.53. The van der Waals surface area contributed by atoms with Gasteiger partial charge in [-0.2, -0.15) is 4.98 Å². The molecule has 7 heteroatoms. The largest absolute Gasteiger partial charge is 0.357 e. The first-order chi connectivity index (χ1) is 14.1. The summed E-state index contributed by atoms with van der Waals surface area (Å²) in [6, 6.07) is 16.0. The lowest BCUT2D eigenvalue weighted by molar-refractivity contribution is 0.421. The highest BCUT2D eigenvalue weighted by Crippen LogP contribution is 2.23. The predicted molar refractivity (Wildman–Crippen MR) is 115 cm³/mol. The van der Waals surface area contributed by atoms with Crippen LogP contribution < -0.4 is 10.6 Å². The van der Waals surface area contributed by atoms with Crippen LogP contribution in [0.1, 0.15) is 32.2 Å². The summed E-state index contributed by atoms with van der Waals surface area (Å²) in [5.74, 6) is 1.86. The van der Waals surface area contributed by atoms with E-state index in [0.717, 1.165) is 12.5 Å². The van der Waals surface area contributed by atoms with Crippen molar-refractivity contribution in [2.45, 2.75) is 32.6 Å². The molecule has 0 saturated carbocycles. The van der Waals surface area contributed by atoms with E-state index in [0.29, 0.717) is 36.9 Å². The fourth-order valence-electron chi connectivity index (χ4n) is 2.84. The Morgan fingerprint density at radius 1 is 1.07 bits per heavy atom. The Bertz CT molecular complexity index is 905. The fourth-order valence-corrected chi connectivity index (χ4v) is 2.84. The average molecular weight is 393 g/mol. The zero-order valence-corrected chi connectivity index (χ0v) is 17.2. The van der Waals surface area contributed by atoms with E-state index in [-0.39, 0.29) is 5.41 Å². The summed E-state index contributed by atoms with van der Waals surface area (Å²) in [6.45, 7) is 8.58. The van der Waals surface area contributed by atoms with Gasteiger partial charge in [-0.1, -0.05) is 55.4 Å². The second-order valence-electron chi connectivity index (χ2n) is 7.35. The number of nitrogens with one attached hydrogen (secondary N) is 2. The number of aromatic nitrogens is 3. The Hall–Kier alpha value is -3.22. The van der Waals surface area contributed by atoms with E-state index in [1.54, 1.807) is 6.20 Å². The summed E-state index contributed by atoms with van der Waals surface area (Å²) in [6.07, 6.45) is 2.33. The molecule has 29 heavy (non-hydrogen) atoms. The molecule has 2 aromatic heterocycles. The highest BCUT2D eigenvalue weighted by molar-refractivity contribution is 5.79. The van der Waals surface area contributed by atoms with Crippen molar-refractivity contribution in [2.75, 3.05) is 19.6 Å². The molecule has 0 spiro atoms. The molecule has 1 aromatic carbocycles. The lowest BCUT2D eigenvalue weighted by Gasteiger charge is -2.23. The molecular weight excluding hydrogens is 364 g/mol. The van der Waals surface area contributed by atoms with Gasteiger partial charge in [-0.05, 0) is 24.6 Å². The number of guanidine groups is 1. The van der Waals surface area contributed by atoms with Crippen LogP contribution in [0.15, 0.2) is 64.2 Å². The van der Waals surface area contributed by atoms with Crippen LogP contribution in [0.3, 0.4) is 0 Å². The fraction of sp³-hybridized carbons (Fsp3) is 0.364. The maximum absolute atomic E-state index is 5.30. The summed E-state index contributed by atoms with van der Waals surface area (Å²) in [4.78, 5) is 13.4. The molecule has 0 aliphatic rings. The molecule has 0 atom stereocenters. The van der Waals surface area contributed by atoms with Gasteiger partial charge < -0.3 is 15.2 Å². The van der Waals surface area contributed by atoms with Gasteiger partial charge in [0.2, 0.25) is 0 Å². The summed E-state index contributed by atoms with van der Waals surface area (Å²) in [5.41, 5.74) is 1.90. The lowest BCUT2D eigenvalue weighted by Crippen LogP contribution is -2.39. The zero-order chi connectivity index (χ0) is 20.5. The molecule has 0 amide bonds. The summed E-state index contributed by atoms with van der Waals surface area (Å²) in [7, 11) is 0. The van der Waals surface area contributed by atoms with Crippen molar-refractivity contribution in [1.82, 2.24) is 25.8 Å². The van der Waals surface area contributed by atoms with Gasteiger partial charge in [-0.15, -0.1) is 0 Å². The summed E-state index contributed by atoms with van der Waals surface area (Å²) >= 11 is 0. The van der Waals surface area contributed by atoms with Gasteiger partial charge in [0.15, 0.2) is 11.8 Å². The first-order valence-electron chi connectivity index (χ1n) is 9.90. The zero-order valence-electron chi connectivity index (χ0n) is 17.2. The quantitative estimate of drug-likeness (QED) is 0.452. The number of aliphatic imine (C=N–C) groups is 1. The molecule has 0 aliphatic heterocycles. The smallest absolute Gasteiger partial charge is 0.276 e. The Kier molecular flexibility index (Phi) is 6.94. The van der Waals surface area contributed by atoms with Crippen LogP contribution in [0.25, 0.3) is 11.6 Å². The third-order valence-electron chi connectivity index (χ3n) is 4.53. The highest BCUT2D eigenvalue weighted by atomic mass is 16.5. The third kappa shape index (κ3) is 5.88. The van der Waals surface area contributed by atoms with Gasteiger partial charge in [-0.3, -0.25) is 9.98 Å². The minimum atomic E-state index is -0.0468. The topological polar surface area (TPSA) is 88.2 Å². The first kappa shape index (κ1) is 20.5. The molecule has 0 saturated heterocycles. The molecule has 0 aliphatic carbocycles. The number of nitrogens with zero attached hydrogens (tertiary/aromatic N) is 4. The molecular formula is C22H28N6O. The van der Waals surface area contributed by atoms with Crippen molar-refractivity contribution in [2.24, 2.45) is 4.99 Å². The van der Waals surface area contributed by atoms with Crippen LogP contribution in [-0.4, -0.2) is 40.7 Å². The van der Waals surface area contributed by atoms with Gasteiger partial charge in [0.05, 0.1) is 6.54 Å². The minimum absolute atomic E-state index is 0.0468. The molecule has 3 aromatic rings. The Labute approximate surface area is 171 Å². The van der Waals surface area contributed by atoms with Crippen LogP contribution in [0.4, 0.5) is 0 Å². The van der Waals surface area contributed by atoms with Crippen LogP contribution in [0.5, 0.6) is 0 Å². The molecule has 0 unspecified atom stereocenters. The Balaban J connectivity index is 1.56. The van der Waals surface area contributed by atoms with Gasteiger partial charge >= 0.3 is 0 Å².